The van der Waals surface area contributed by atoms with Crippen LogP contribution in [0.2, 0.25) is 0 Å². The van der Waals surface area contributed by atoms with E-state index < -0.39 is 5.82 Å². The van der Waals surface area contributed by atoms with Gasteiger partial charge in [-0.05, 0) is 23.8 Å². The van der Waals surface area contributed by atoms with Gasteiger partial charge in [-0.25, -0.2) is 4.39 Å². The first kappa shape index (κ1) is 11.5. The molecule has 0 N–H and O–H groups in total. The van der Waals surface area contributed by atoms with Crippen molar-refractivity contribution in [1.29, 1.82) is 5.26 Å². The number of benzene rings is 1. The highest BCUT2D eigenvalue weighted by Crippen LogP contribution is 2.33. The molecule has 0 spiro atoms. The predicted molar refractivity (Wildman–Crippen MR) is 67.0 cm³/mol. The Morgan fingerprint density at radius 1 is 1.53 bits per heavy atom. The second-order valence-electron chi connectivity index (χ2n) is 4.16. The van der Waals surface area contributed by atoms with Crippen LogP contribution in [0.5, 0.6) is 5.75 Å². The van der Waals surface area contributed by atoms with Crippen LogP contribution in [0.3, 0.4) is 0 Å². The number of aromatic nitrogens is 2. The third-order valence-electron chi connectivity index (χ3n) is 2.97. The van der Waals surface area contributed by atoms with Crippen molar-refractivity contribution in [1.82, 2.24) is 9.78 Å². The van der Waals surface area contributed by atoms with Crippen LogP contribution in [0.1, 0.15) is 16.7 Å². The van der Waals surface area contributed by atoms with Gasteiger partial charge in [-0.3, -0.25) is 4.68 Å². The number of ether oxygens (including phenoxy) is 1. The Bertz CT molecular complexity index is 684. The summed E-state index contributed by atoms with van der Waals surface area (Å²) < 4.78 is 21.0. The predicted octanol–water partition coefficient (Wildman–Crippen LogP) is 2.35. The van der Waals surface area contributed by atoms with Gasteiger partial charge in [0.05, 0.1) is 6.54 Å². The fourth-order valence-electron chi connectivity index (χ4n) is 2.13. The van der Waals surface area contributed by atoms with E-state index in [9.17, 15) is 4.39 Å². The van der Waals surface area contributed by atoms with E-state index in [1.807, 2.05) is 18.2 Å². The van der Waals surface area contributed by atoms with E-state index in [4.69, 9.17) is 10.00 Å². The van der Waals surface area contributed by atoms with Crippen LogP contribution in [-0.4, -0.2) is 16.4 Å². The molecule has 0 saturated carbocycles. The largest absolute Gasteiger partial charge is 0.487 e. The molecule has 1 aromatic heterocycles. The second-order valence-corrected chi connectivity index (χ2v) is 4.16. The molecule has 1 aromatic carbocycles. The lowest BCUT2D eigenvalue weighted by molar-refractivity contribution is 0.354. The summed E-state index contributed by atoms with van der Waals surface area (Å²) in [4.78, 5) is 0. The van der Waals surface area contributed by atoms with Gasteiger partial charge in [0.2, 0.25) is 0 Å². The number of fused-ring (bicyclic) bond motifs is 1. The van der Waals surface area contributed by atoms with Crippen molar-refractivity contribution in [2.45, 2.75) is 6.54 Å². The average Bonchev–Trinajstić information content (AvgIpc) is 2.92. The summed E-state index contributed by atoms with van der Waals surface area (Å²) in [6.07, 6.45) is 7.17. The molecule has 0 amide bonds. The van der Waals surface area contributed by atoms with E-state index in [0.717, 1.165) is 11.1 Å². The lowest BCUT2D eigenvalue weighted by Gasteiger charge is -2.18. The smallest absolute Gasteiger partial charge is 0.148 e. The minimum absolute atomic E-state index is 0.0384. The quantitative estimate of drug-likeness (QED) is 0.827. The maximum absolute atomic E-state index is 13.9. The van der Waals surface area contributed by atoms with E-state index in [2.05, 4.69) is 5.10 Å². The van der Waals surface area contributed by atoms with Crippen LogP contribution < -0.4 is 4.74 Å². The lowest BCUT2D eigenvalue weighted by atomic mass is 10.00. The summed E-state index contributed by atoms with van der Waals surface area (Å²) in [7, 11) is 0. The van der Waals surface area contributed by atoms with Crippen LogP contribution in [0.15, 0.2) is 30.6 Å². The van der Waals surface area contributed by atoms with Gasteiger partial charge in [-0.15, -0.1) is 0 Å². The fourth-order valence-corrected chi connectivity index (χ4v) is 2.13. The number of nitriles is 1. The molecule has 0 bridgehead atoms. The Morgan fingerprint density at radius 2 is 2.42 bits per heavy atom. The highest BCUT2D eigenvalue weighted by Gasteiger charge is 2.20. The molecule has 1 aliphatic rings. The van der Waals surface area contributed by atoms with Gasteiger partial charge < -0.3 is 4.74 Å². The zero-order chi connectivity index (χ0) is 13.2. The average molecular weight is 255 g/mol. The van der Waals surface area contributed by atoms with Crippen molar-refractivity contribution >= 4 is 6.08 Å². The van der Waals surface area contributed by atoms with Crippen molar-refractivity contribution < 1.29 is 9.13 Å². The van der Waals surface area contributed by atoms with E-state index in [0.29, 0.717) is 18.9 Å². The minimum Gasteiger partial charge on any atom is -0.487 e. The van der Waals surface area contributed by atoms with Gasteiger partial charge >= 0.3 is 0 Å². The molecule has 0 saturated heterocycles. The Morgan fingerprint density at radius 3 is 3.16 bits per heavy atom. The van der Waals surface area contributed by atoms with Crippen molar-refractivity contribution in [2.75, 3.05) is 6.61 Å². The molecule has 0 aliphatic carbocycles. The standard InChI is InChI=1S/C14H10FN3O/c15-13-7-10(9-18-5-2-4-17-18)11-3-1-6-19-14(11)12(13)8-16/h1-5,7H,6,9H2. The van der Waals surface area contributed by atoms with Gasteiger partial charge in [-0.2, -0.15) is 10.4 Å². The van der Waals surface area contributed by atoms with Gasteiger partial charge in [-0.1, -0.05) is 6.08 Å². The highest BCUT2D eigenvalue weighted by atomic mass is 19.1. The van der Waals surface area contributed by atoms with Crippen LogP contribution in [0.4, 0.5) is 4.39 Å². The third kappa shape index (κ3) is 1.97. The lowest BCUT2D eigenvalue weighted by Crippen LogP contribution is -2.10. The molecule has 94 valence electrons. The Kier molecular flexibility index (Phi) is 2.76. The molecule has 0 unspecified atom stereocenters. The summed E-state index contributed by atoms with van der Waals surface area (Å²) >= 11 is 0. The molecule has 0 fully saturated rings. The number of hydrogen-bond donors (Lipinski definition) is 0. The Balaban J connectivity index is 2.13. The summed E-state index contributed by atoms with van der Waals surface area (Å²) in [6, 6.07) is 5.03. The van der Waals surface area contributed by atoms with Gasteiger partial charge in [0.15, 0.2) is 0 Å². The molecule has 2 aromatic rings. The maximum Gasteiger partial charge on any atom is 0.148 e. The fraction of sp³-hybridized carbons (Fsp3) is 0.143. The normalized spacial score (nSPS) is 12.6. The molecular weight excluding hydrogens is 245 g/mol. The third-order valence-corrected chi connectivity index (χ3v) is 2.97. The summed E-state index contributed by atoms with van der Waals surface area (Å²) in [6.45, 7) is 0.790. The zero-order valence-electron chi connectivity index (χ0n) is 10.0. The Hall–Kier alpha value is -2.61. The zero-order valence-corrected chi connectivity index (χ0v) is 10.0. The number of nitrogens with zero attached hydrogens (tertiary/aromatic N) is 3. The first-order valence-corrected chi connectivity index (χ1v) is 5.82. The highest BCUT2D eigenvalue weighted by molar-refractivity contribution is 5.68. The SMILES string of the molecule is N#Cc1c(F)cc(Cn2cccn2)c2c1OCC=C2. The number of hydrogen-bond acceptors (Lipinski definition) is 3. The van der Waals surface area contributed by atoms with Crippen molar-refractivity contribution in [3.8, 4) is 11.8 Å². The van der Waals surface area contributed by atoms with E-state index in [-0.39, 0.29) is 5.56 Å². The van der Waals surface area contributed by atoms with Crippen molar-refractivity contribution in [3.63, 3.8) is 0 Å². The molecule has 4 nitrogen and oxygen atoms in total. The van der Waals surface area contributed by atoms with Crippen molar-refractivity contribution in [2.24, 2.45) is 0 Å². The van der Waals surface area contributed by atoms with Crippen LogP contribution in [-0.2, 0) is 6.54 Å². The maximum atomic E-state index is 13.9. The number of halogens is 1. The van der Waals surface area contributed by atoms with Gasteiger partial charge in [0.25, 0.3) is 0 Å². The summed E-state index contributed by atoms with van der Waals surface area (Å²) in [5.74, 6) is -0.231. The van der Waals surface area contributed by atoms with Crippen LogP contribution in [0, 0.1) is 17.1 Å². The molecule has 3 rings (SSSR count). The first-order valence-electron chi connectivity index (χ1n) is 5.82. The van der Waals surface area contributed by atoms with Crippen LogP contribution in [0.25, 0.3) is 6.08 Å². The van der Waals surface area contributed by atoms with Gasteiger partial charge in [0, 0.05) is 18.0 Å². The van der Waals surface area contributed by atoms with Crippen LogP contribution >= 0.6 is 0 Å². The van der Waals surface area contributed by atoms with E-state index >= 15 is 0 Å². The van der Waals surface area contributed by atoms with Gasteiger partial charge in [0.1, 0.15) is 29.8 Å². The molecule has 1 aliphatic heterocycles. The molecule has 5 heteroatoms. The monoisotopic (exact) mass is 255 g/mol. The van der Waals surface area contributed by atoms with Crippen molar-refractivity contribution in [3.05, 3.63) is 53.1 Å². The number of rotatable bonds is 2. The molecule has 0 atom stereocenters. The summed E-state index contributed by atoms with van der Waals surface area (Å²) in [5, 5.41) is 13.1. The Labute approximate surface area is 109 Å². The molecule has 2 heterocycles. The molecule has 19 heavy (non-hydrogen) atoms. The minimum atomic E-state index is -0.557. The summed E-state index contributed by atoms with van der Waals surface area (Å²) in [5.41, 5.74) is 1.45. The second kappa shape index (κ2) is 4.58. The van der Waals surface area contributed by atoms with E-state index in [1.165, 1.54) is 6.07 Å². The molecule has 0 radical (unpaired) electrons. The first-order chi connectivity index (χ1) is 9.29. The van der Waals surface area contributed by atoms with E-state index in [1.54, 1.807) is 23.1 Å². The topological polar surface area (TPSA) is 50.8 Å². The molecular formula is C14H10FN3O.